The van der Waals surface area contributed by atoms with E-state index in [1.807, 2.05) is 20.8 Å². The van der Waals surface area contributed by atoms with Crippen molar-refractivity contribution in [3.8, 4) is 0 Å². The Morgan fingerprint density at radius 2 is 1.38 bits per heavy atom. The molecule has 0 spiro atoms. The van der Waals surface area contributed by atoms with Crippen LogP contribution in [0.4, 0.5) is 0 Å². The summed E-state index contributed by atoms with van der Waals surface area (Å²) in [4.78, 5) is 0. The van der Waals surface area contributed by atoms with Gasteiger partial charge in [-0.05, 0) is 0 Å². The average molecular weight is 192 g/mol. The topological polar surface area (TPSA) is 58.9 Å². The van der Waals surface area contributed by atoms with Crippen LogP contribution in [-0.2, 0) is 9.47 Å². The summed E-state index contributed by atoms with van der Waals surface area (Å²) in [5, 5.41) is 17.2. The van der Waals surface area contributed by atoms with E-state index in [0.29, 0.717) is 0 Å². The molecular formula is C9H20O4. The van der Waals surface area contributed by atoms with Gasteiger partial charge in [-0.25, -0.2) is 0 Å². The predicted octanol–water partition coefficient (Wildman–Crippen LogP) is 0.376. The van der Waals surface area contributed by atoms with Gasteiger partial charge in [0.25, 0.3) is 0 Å². The van der Waals surface area contributed by atoms with Gasteiger partial charge in [-0.15, -0.1) is 0 Å². The molecule has 0 aliphatic carbocycles. The summed E-state index contributed by atoms with van der Waals surface area (Å²) in [6.07, 6.45) is -0.383. The highest BCUT2D eigenvalue weighted by atomic mass is 16.7. The molecule has 0 rings (SSSR count). The zero-order valence-electron chi connectivity index (χ0n) is 8.62. The van der Waals surface area contributed by atoms with Gasteiger partial charge in [0.15, 0.2) is 6.29 Å². The van der Waals surface area contributed by atoms with Crippen molar-refractivity contribution < 1.29 is 19.7 Å². The molecule has 0 amide bonds. The molecule has 0 heterocycles. The molecule has 0 radical (unpaired) electrons. The minimum absolute atomic E-state index is 0.0188. The van der Waals surface area contributed by atoms with Crippen LogP contribution in [0, 0.1) is 5.41 Å². The lowest BCUT2D eigenvalue weighted by molar-refractivity contribution is -0.201. The van der Waals surface area contributed by atoms with Gasteiger partial charge in [-0.1, -0.05) is 20.8 Å². The van der Waals surface area contributed by atoms with E-state index in [1.54, 1.807) is 0 Å². The third kappa shape index (κ3) is 5.99. The summed E-state index contributed by atoms with van der Waals surface area (Å²) in [7, 11) is 0. The molecule has 0 saturated heterocycles. The van der Waals surface area contributed by atoms with Crippen molar-refractivity contribution in [2.24, 2.45) is 5.41 Å². The van der Waals surface area contributed by atoms with Gasteiger partial charge in [0, 0.05) is 5.41 Å². The number of ether oxygens (including phenoxy) is 2. The summed E-state index contributed by atoms with van der Waals surface area (Å²) in [5.41, 5.74) is -0.148. The van der Waals surface area contributed by atoms with Crippen LogP contribution in [0.3, 0.4) is 0 Å². The number of hydrogen-bond acceptors (Lipinski definition) is 4. The Kier molecular flexibility index (Phi) is 6.24. The highest BCUT2D eigenvalue weighted by Crippen LogP contribution is 2.22. The summed E-state index contributed by atoms with van der Waals surface area (Å²) in [6, 6.07) is 0. The Balaban J connectivity index is 3.88. The van der Waals surface area contributed by atoms with E-state index in [2.05, 4.69) is 0 Å². The van der Waals surface area contributed by atoms with Crippen LogP contribution < -0.4 is 0 Å². The lowest BCUT2D eigenvalue weighted by atomic mass is 9.96. The second kappa shape index (κ2) is 6.32. The maximum absolute atomic E-state index is 8.58. The number of rotatable bonds is 6. The minimum atomic E-state index is -0.383. The van der Waals surface area contributed by atoms with Crippen molar-refractivity contribution >= 4 is 0 Å². The molecule has 4 nitrogen and oxygen atoms in total. The van der Waals surface area contributed by atoms with Gasteiger partial charge in [-0.3, -0.25) is 0 Å². The lowest BCUT2D eigenvalue weighted by Gasteiger charge is -2.30. The second-order valence-electron chi connectivity index (χ2n) is 3.89. The molecule has 0 unspecified atom stereocenters. The molecule has 0 aliphatic heterocycles. The summed E-state index contributed by atoms with van der Waals surface area (Å²) in [6.45, 7) is 6.41. The first-order valence-electron chi connectivity index (χ1n) is 4.47. The molecular weight excluding hydrogens is 172 g/mol. The lowest BCUT2D eigenvalue weighted by Crippen LogP contribution is -2.33. The highest BCUT2D eigenvalue weighted by molar-refractivity contribution is 4.66. The van der Waals surface area contributed by atoms with E-state index in [9.17, 15) is 0 Å². The molecule has 80 valence electrons. The van der Waals surface area contributed by atoms with Crippen LogP contribution in [0.15, 0.2) is 0 Å². The molecule has 4 heteroatoms. The first kappa shape index (κ1) is 12.8. The average Bonchev–Trinajstić information content (AvgIpc) is 2.02. The quantitative estimate of drug-likeness (QED) is 0.597. The van der Waals surface area contributed by atoms with Crippen molar-refractivity contribution in [2.75, 3.05) is 26.4 Å². The fraction of sp³-hybridized carbons (Fsp3) is 1.00. The monoisotopic (exact) mass is 192 g/mol. The Labute approximate surface area is 79.5 Å². The smallest absolute Gasteiger partial charge is 0.162 e. The molecule has 0 aliphatic rings. The van der Waals surface area contributed by atoms with Crippen molar-refractivity contribution in [2.45, 2.75) is 27.1 Å². The van der Waals surface area contributed by atoms with E-state index in [0.717, 1.165) is 0 Å². The normalized spacial score (nSPS) is 12.5. The number of hydrogen-bond donors (Lipinski definition) is 2. The van der Waals surface area contributed by atoms with Crippen LogP contribution in [0.25, 0.3) is 0 Å². The van der Waals surface area contributed by atoms with E-state index < -0.39 is 0 Å². The Bertz CT molecular complexity index is 111. The molecule has 0 atom stereocenters. The number of aliphatic hydroxyl groups is 2. The molecule has 2 N–H and O–H groups in total. The fourth-order valence-corrected chi connectivity index (χ4v) is 0.868. The zero-order valence-corrected chi connectivity index (χ0v) is 8.62. The number of aliphatic hydroxyl groups excluding tert-OH is 2. The van der Waals surface area contributed by atoms with Gasteiger partial charge < -0.3 is 19.7 Å². The van der Waals surface area contributed by atoms with Crippen LogP contribution in [-0.4, -0.2) is 42.9 Å². The molecule has 0 saturated carbocycles. The minimum Gasteiger partial charge on any atom is -0.394 e. The zero-order chi connectivity index (χ0) is 10.3. The van der Waals surface area contributed by atoms with Crippen molar-refractivity contribution in [3.05, 3.63) is 0 Å². The van der Waals surface area contributed by atoms with E-state index >= 15 is 0 Å². The first-order chi connectivity index (χ1) is 6.02. The van der Waals surface area contributed by atoms with E-state index in [-0.39, 0.29) is 38.1 Å². The first-order valence-corrected chi connectivity index (χ1v) is 4.47. The van der Waals surface area contributed by atoms with Gasteiger partial charge in [-0.2, -0.15) is 0 Å². The second-order valence-corrected chi connectivity index (χ2v) is 3.89. The summed E-state index contributed by atoms with van der Waals surface area (Å²) >= 11 is 0. The SMILES string of the molecule is CC(C)(C)C(OCCO)OCCO. The fourth-order valence-electron chi connectivity index (χ4n) is 0.868. The van der Waals surface area contributed by atoms with Gasteiger partial charge in [0.2, 0.25) is 0 Å². The molecule has 0 aromatic carbocycles. The Morgan fingerprint density at radius 3 is 1.62 bits per heavy atom. The maximum atomic E-state index is 8.58. The Hall–Kier alpha value is -0.160. The molecule has 0 bridgehead atoms. The summed E-state index contributed by atoms with van der Waals surface area (Å²) in [5.74, 6) is 0. The standard InChI is InChI=1S/C9H20O4/c1-9(2,3)8(12-6-4-10)13-7-5-11/h8,10-11H,4-7H2,1-3H3. The van der Waals surface area contributed by atoms with Crippen LogP contribution in [0.5, 0.6) is 0 Å². The largest absolute Gasteiger partial charge is 0.394 e. The third-order valence-corrected chi connectivity index (χ3v) is 1.43. The molecule has 0 aromatic heterocycles. The maximum Gasteiger partial charge on any atom is 0.162 e. The van der Waals surface area contributed by atoms with E-state index in [4.69, 9.17) is 19.7 Å². The molecule has 0 aromatic rings. The van der Waals surface area contributed by atoms with Crippen molar-refractivity contribution in [3.63, 3.8) is 0 Å². The van der Waals surface area contributed by atoms with Gasteiger partial charge >= 0.3 is 0 Å². The van der Waals surface area contributed by atoms with Crippen LogP contribution in [0.1, 0.15) is 20.8 Å². The third-order valence-electron chi connectivity index (χ3n) is 1.43. The van der Waals surface area contributed by atoms with Gasteiger partial charge in [0.1, 0.15) is 0 Å². The summed E-state index contributed by atoms with van der Waals surface area (Å²) < 4.78 is 10.5. The van der Waals surface area contributed by atoms with E-state index in [1.165, 1.54) is 0 Å². The van der Waals surface area contributed by atoms with Crippen LogP contribution >= 0.6 is 0 Å². The van der Waals surface area contributed by atoms with Gasteiger partial charge in [0.05, 0.1) is 26.4 Å². The van der Waals surface area contributed by atoms with Crippen LogP contribution in [0.2, 0.25) is 0 Å². The Morgan fingerprint density at radius 1 is 1.00 bits per heavy atom. The molecule has 13 heavy (non-hydrogen) atoms. The predicted molar refractivity (Wildman–Crippen MR) is 49.3 cm³/mol. The van der Waals surface area contributed by atoms with Crippen molar-refractivity contribution in [1.82, 2.24) is 0 Å². The van der Waals surface area contributed by atoms with Crippen molar-refractivity contribution in [1.29, 1.82) is 0 Å². The highest BCUT2D eigenvalue weighted by Gasteiger charge is 2.25. The molecule has 0 fully saturated rings.